The lowest BCUT2D eigenvalue weighted by Crippen LogP contribution is -2.20. The predicted molar refractivity (Wildman–Crippen MR) is 128 cm³/mol. The summed E-state index contributed by atoms with van der Waals surface area (Å²) in [6.07, 6.45) is 4.19. The quantitative estimate of drug-likeness (QED) is 0.402. The van der Waals surface area contributed by atoms with E-state index in [0.717, 1.165) is 22.6 Å². The summed E-state index contributed by atoms with van der Waals surface area (Å²) in [5.74, 6) is 1.69. The number of hydrogen-bond acceptors (Lipinski definition) is 5. The Morgan fingerprint density at radius 1 is 0.848 bits per heavy atom. The van der Waals surface area contributed by atoms with E-state index in [2.05, 4.69) is 10.1 Å². The van der Waals surface area contributed by atoms with Gasteiger partial charge in [-0.1, -0.05) is 66.7 Å². The second kappa shape index (κ2) is 8.92. The molecule has 2 aromatic heterocycles. The molecule has 0 spiro atoms. The van der Waals surface area contributed by atoms with Crippen LogP contribution in [-0.4, -0.2) is 31.5 Å². The van der Waals surface area contributed by atoms with Gasteiger partial charge in [0.05, 0.1) is 12.8 Å². The van der Waals surface area contributed by atoms with E-state index >= 15 is 0 Å². The fraction of sp³-hybridized carbons (Fsp3) is 0.0769. The molecule has 7 nitrogen and oxygen atoms in total. The molecule has 0 aliphatic carbocycles. The molecular weight excluding hydrogens is 414 g/mol. The standard InChI is InChI=1S/C26H21N5O2/c1-33-22-15-12-20(13-16-22)18-23-25(32)27-26-30(21-10-6-3-7-11-21)29-24(31(26)28-23)17-14-19-8-4-2-5-9-19/h2-17H,18H2,1H3. The molecule has 3 aromatic carbocycles. The first-order valence-electron chi connectivity index (χ1n) is 10.5. The summed E-state index contributed by atoms with van der Waals surface area (Å²) >= 11 is 0. The third-order valence-electron chi connectivity index (χ3n) is 5.22. The molecule has 0 amide bonds. The molecule has 0 N–H and O–H groups in total. The van der Waals surface area contributed by atoms with Crippen LogP contribution in [0, 0.1) is 0 Å². The number of hydrogen-bond donors (Lipinski definition) is 0. The van der Waals surface area contributed by atoms with Crippen molar-refractivity contribution in [3.8, 4) is 11.4 Å². The third-order valence-corrected chi connectivity index (χ3v) is 5.22. The van der Waals surface area contributed by atoms with Gasteiger partial charge in [0.2, 0.25) is 0 Å². The van der Waals surface area contributed by atoms with Crippen LogP contribution in [0.4, 0.5) is 0 Å². The van der Waals surface area contributed by atoms with Crippen molar-refractivity contribution in [1.82, 2.24) is 24.4 Å². The minimum absolute atomic E-state index is 0.347. The Morgan fingerprint density at radius 3 is 2.24 bits per heavy atom. The maximum absolute atomic E-state index is 12.9. The van der Waals surface area contributed by atoms with Crippen LogP contribution in [-0.2, 0) is 6.42 Å². The van der Waals surface area contributed by atoms with Crippen molar-refractivity contribution in [3.05, 3.63) is 118 Å². The molecule has 0 saturated carbocycles. The summed E-state index contributed by atoms with van der Waals surface area (Å²) in [7, 11) is 1.62. The molecule has 0 fully saturated rings. The molecule has 0 bridgehead atoms. The van der Waals surface area contributed by atoms with Gasteiger partial charge in [0, 0.05) is 6.42 Å². The SMILES string of the molecule is COc1ccc(Cc2nn3c(C=Cc4ccccc4)nn(-c4ccccc4)c3nc2=O)cc1. The van der Waals surface area contributed by atoms with Crippen LogP contribution in [0.15, 0.2) is 89.7 Å². The van der Waals surface area contributed by atoms with Crippen LogP contribution in [0.2, 0.25) is 0 Å². The summed E-state index contributed by atoms with van der Waals surface area (Å²) in [5, 5.41) is 9.35. The molecule has 0 atom stereocenters. The van der Waals surface area contributed by atoms with Crippen molar-refractivity contribution >= 4 is 17.9 Å². The lowest BCUT2D eigenvalue weighted by atomic mass is 10.1. The average Bonchev–Trinajstić information content (AvgIpc) is 3.22. The molecule has 5 rings (SSSR count). The highest BCUT2D eigenvalue weighted by Crippen LogP contribution is 2.16. The van der Waals surface area contributed by atoms with Gasteiger partial charge in [0.1, 0.15) is 11.4 Å². The number of ether oxygens (including phenoxy) is 1. The zero-order chi connectivity index (χ0) is 22.6. The monoisotopic (exact) mass is 435 g/mol. The third kappa shape index (κ3) is 4.29. The zero-order valence-corrected chi connectivity index (χ0v) is 18.0. The first kappa shape index (κ1) is 20.4. The van der Waals surface area contributed by atoms with E-state index < -0.39 is 0 Å². The van der Waals surface area contributed by atoms with E-state index in [4.69, 9.17) is 9.84 Å². The minimum Gasteiger partial charge on any atom is -0.497 e. The zero-order valence-electron chi connectivity index (χ0n) is 18.0. The lowest BCUT2D eigenvalue weighted by molar-refractivity contribution is 0.414. The normalized spacial score (nSPS) is 11.3. The van der Waals surface area contributed by atoms with Crippen LogP contribution >= 0.6 is 0 Å². The molecule has 0 unspecified atom stereocenters. The molecular formula is C26H21N5O2. The van der Waals surface area contributed by atoms with Gasteiger partial charge in [0.15, 0.2) is 5.82 Å². The Bertz CT molecular complexity index is 1470. The smallest absolute Gasteiger partial charge is 0.296 e. The highest BCUT2D eigenvalue weighted by atomic mass is 16.5. The summed E-state index contributed by atoms with van der Waals surface area (Å²) in [6, 6.07) is 27.1. The number of aromatic nitrogens is 5. The summed E-state index contributed by atoms with van der Waals surface area (Å²) in [6.45, 7) is 0. The minimum atomic E-state index is -0.374. The van der Waals surface area contributed by atoms with E-state index in [0.29, 0.717) is 23.7 Å². The second-order valence-electron chi connectivity index (χ2n) is 7.45. The second-order valence-corrected chi connectivity index (χ2v) is 7.45. The van der Waals surface area contributed by atoms with Crippen LogP contribution in [0.3, 0.4) is 0 Å². The number of methoxy groups -OCH3 is 1. The Balaban J connectivity index is 1.61. The molecule has 5 aromatic rings. The summed E-state index contributed by atoms with van der Waals surface area (Å²) in [4.78, 5) is 17.2. The fourth-order valence-electron chi connectivity index (χ4n) is 3.52. The molecule has 0 aliphatic heterocycles. The number of benzene rings is 3. The fourth-order valence-corrected chi connectivity index (χ4v) is 3.52. The van der Waals surface area contributed by atoms with Gasteiger partial charge >= 0.3 is 0 Å². The van der Waals surface area contributed by atoms with Gasteiger partial charge in [-0.2, -0.15) is 19.3 Å². The Kier molecular flexibility index (Phi) is 5.51. The summed E-state index contributed by atoms with van der Waals surface area (Å²) in [5.41, 5.74) is 2.75. The van der Waals surface area contributed by atoms with Gasteiger partial charge in [-0.05, 0) is 41.5 Å². The molecule has 0 aliphatic rings. The van der Waals surface area contributed by atoms with E-state index in [-0.39, 0.29) is 5.56 Å². The maximum atomic E-state index is 12.9. The molecule has 0 radical (unpaired) electrons. The van der Waals surface area contributed by atoms with Gasteiger partial charge in [-0.3, -0.25) is 4.79 Å². The van der Waals surface area contributed by atoms with E-state index in [1.807, 2.05) is 97.1 Å². The molecule has 33 heavy (non-hydrogen) atoms. The number of nitrogens with zero attached hydrogens (tertiary/aromatic N) is 5. The van der Waals surface area contributed by atoms with Crippen molar-refractivity contribution in [2.75, 3.05) is 7.11 Å². The maximum Gasteiger partial charge on any atom is 0.296 e. The van der Waals surface area contributed by atoms with Crippen molar-refractivity contribution < 1.29 is 4.74 Å². The van der Waals surface area contributed by atoms with Crippen LogP contribution in [0.1, 0.15) is 22.6 Å². The first-order chi connectivity index (χ1) is 16.2. The predicted octanol–water partition coefficient (Wildman–Crippen LogP) is 4.05. The Hall–Kier alpha value is -4.52. The highest BCUT2D eigenvalue weighted by molar-refractivity contribution is 5.67. The van der Waals surface area contributed by atoms with Crippen molar-refractivity contribution in [3.63, 3.8) is 0 Å². The van der Waals surface area contributed by atoms with Gasteiger partial charge in [-0.15, -0.1) is 5.10 Å². The van der Waals surface area contributed by atoms with Crippen LogP contribution in [0.5, 0.6) is 5.75 Å². The van der Waals surface area contributed by atoms with Crippen molar-refractivity contribution in [1.29, 1.82) is 0 Å². The largest absolute Gasteiger partial charge is 0.497 e. The van der Waals surface area contributed by atoms with Gasteiger partial charge in [0.25, 0.3) is 11.3 Å². The van der Waals surface area contributed by atoms with Gasteiger partial charge < -0.3 is 4.74 Å². The van der Waals surface area contributed by atoms with Crippen molar-refractivity contribution in [2.45, 2.75) is 6.42 Å². The van der Waals surface area contributed by atoms with E-state index in [1.165, 1.54) is 0 Å². The van der Waals surface area contributed by atoms with Crippen molar-refractivity contribution in [2.24, 2.45) is 0 Å². The Morgan fingerprint density at radius 2 is 1.55 bits per heavy atom. The number of para-hydroxylation sites is 1. The van der Waals surface area contributed by atoms with Gasteiger partial charge in [-0.25, -0.2) is 0 Å². The molecule has 162 valence electrons. The average molecular weight is 435 g/mol. The molecule has 0 saturated heterocycles. The molecule has 2 heterocycles. The topological polar surface area (TPSA) is 74.3 Å². The van der Waals surface area contributed by atoms with E-state index in [1.54, 1.807) is 16.3 Å². The van der Waals surface area contributed by atoms with Crippen LogP contribution < -0.4 is 10.3 Å². The van der Waals surface area contributed by atoms with Crippen LogP contribution in [0.25, 0.3) is 23.6 Å². The number of rotatable bonds is 6. The first-order valence-corrected chi connectivity index (χ1v) is 10.5. The van der Waals surface area contributed by atoms with E-state index in [9.17, 15) is 4.79 Å². The molecule has 7 heteroatoms. The Labute approximate surface area is 190 Å². The summed E-state index contributed by atoms with van der Waals surface area (Å²) < 4.78 is 8.47. The number of fused-ring (bicyclic) bond motifs is 1. The highest BCUT2D eigenvalue weighted by Gasteiger charge is 2.16. The lowest BCUT2D eigenvalue weighted by Gasteiger charge is -2.04.